The standard InChI is InChI=1S/C12H23N3O2S/c1-5-8-18(16,17)14-7-6-12-13-9-11(4)15(12)10(2)3/h9-10,14H,5-8H2,1-4H3. The van der Waals surface area contributed by atoms with Gasteiger partial charge in [0.05, 0.1) is 5.75 Å². The Kier molecular flexibility index (Phi) is 5.34. The molecule has 0 spiro atoms. The quantitative estimate of drug-likeness (QED) is 0.821. The predicted molar refractivity (Wildman–Crippen MR) is 73.1 cm³/mol. The summed E-state index contributed by atoms with van der Waals surface area (Å²) in [6, 6.07) is 0.342. The highest BCUT2D eigenvalue weighted by Gasteiger charge is 2.12. The van der Waals surface area contributed by atoms with E-state index in [1.807, 2.05) is 20.0 Å². The molecule has 0 bridgehead atoms. The lowest BCUT2D eigenvalue weighted by Crippen LogP contribution is -2.28. The molecular formula is C12H23N3O2S. The highest BCUT2D eigenvalue weighted by Crippen LogP contribution is 2.13. The third kappa shape index (κ3) is 4.10. The van der Waals surface area contributed by atoms with Crippen molar-refractivity contribution in [3.05, 3.63) is 17.7 Å². The van der Waals surface area contributed by atoms with Gasteiger partial charge in [-0.1, -0.05) is 6.92 Å². The lowest BCUT2D eigenvalue weighted by Gasteiger charge is -2.14. The SMILES string of the molecule is CCCS(=O)(=O)NCCc1ncc(C)n1C(C)C. The van der Waals surface area contributed by atoms with Crippen LogP contribution in [0.4, 0.5) is 0 Å². The van der Waals surface area contributed by atoms with E-state index in [4.69, 9.17) is 0 Å². The molecule has 1 heterocycles. The molecule has 0 unspecified atom stereocenters. The minimum absolute atomic E-state index is 0.185. The van der Waals surface area contributed by atoms with E-state index in [2.05, 4.69) is 28.1 Å². The third-order valence-corrected chi connectivity index (χ3v) is 4.31. The fourth-order valence-electron chi connectivity index (χ4n) is 2.05. The third-order valence-electron chi connectivity index (χ3n) is 2.72. The Morgan fingerprint density at radius 2 is 2.11 bits per heavy atom. The summed E-state index contributed by atoms with van der Waals surface area (Å²) in [6.07, 6.45) is 3.08. The molecule has 6 heteroatoms. The van der Waals surface area contributed by atoms with E-state index in [-0.39, 0.29) is 5.75 Å². The molecule has 1 N–H and O–H groups in total. The van der Waals surface area contributed by atoms with Gasteiger partial charge in [-0.15, -0.1) is 0 Å². The summed E-state index contributed by atoms with van der Waals surface area (Å²) < 4.78 is 27.7. The molecule has 1 aromatic heterocycles. The van der Waals surface area contributed by atoms with Crippen LogP contribution < -0.4 is 4.72 Å². The summed E-state index contributed by atoms with van der Waals surface area (Å²) in [5.74, 6) is 1.12. The average molecular weight is 273 g/mol. The molecule has 0 aromatic carbocycles. The fraction of sp³-hybridized carbons (Fsp3) is 0.750. The maximum atomic E-state index is 11.5. The molecule has 0 aliphatic heterocycles. The minimum atomic E-state index is -3.12. The second-order valence-corrected chi connectivity index (χ2v) is 6.67. The molecule has 104 valence electrons. The molecular weight excluding hydrogens is 250 g/mol. The summed E-state index contributed by atoms with van der Waals surface area (Å²) in [4.78, 5) is 4.33. The van der Waals surface area contributed by atoms with E-state index in [1.165, 1.54) is 0 Å². The largest absolute Gasteiger partial charge is 0.330 e. The Bertz CT molecular complexity index is 478. The van der Waals surface area contributed by atoms with Crippen molar-refractivity contribution < 1.29 is 8.42 Å². The molecule has 1 aromatic rings. The zero-order valence-corrected chi connectivity index (χ0v) is 12.4. The number of hydrogen-bond acceptors (Lipinski definition) is 3. The van der Waals surface area contributed by atoms with E-state index in [1.54, 1.807) is 0 Å². The van der Waals surface area contributed by atoms with E-state index in [9.17, 15) is 8.42 Å². The van der Waals surface area contributed by atoms with Crippen LogP contribution in [-0.2, 0) is 16.4 Å². The first-order valence-electron chi connectivity index (χ1n) is 6.37. The van der Waals surface area contributed by atoms with Gasteiger partial charge in [0.15, 0.2) is 0 Å². The predicted octanol–water partition coefficient (Wildman–Crippen LogP) is 1.64. The minimum Gasteiger partial charge on any atom is -0.330 e. The number of hydrogen-bond donors (Lipinski definition) is 1. The normalized spacial score (nSPS) is 12.3. The zero-order chi connectivity index (χ0) is 13.8. The van der Waals surface area contributed by atoms with Crippen molar-refractivity contribution in [2.24, 2.45) is 0 Å². The van der Waals surface area contributed by atoms with Crippen LogP contribution in [0.5, 0.6) is 0 Å². The Hall–Kier alpha value is -0.880. The Morgan fingerprint density at radius 1 is 1.44 bits per heavy atom. The van der Waals surface area contributed by atoms with Crippen LogP contribution in [0.1, 0.15) is 44.8 Å². The van der Waals surface area contributed by atoms with Gasteiger partial charge < -0.3 is 4.57 Å². The summed E-state index contributed by atoms with van der Waals surface area (Å²) in [6.45, 7) is 8.47. The Labute approximate surface area is 110 Å². The number of aromatic nitrogens is 2. The molecule has 0 aliphatic carbocycles. The molecule has 0 fully saturated rings. The first-order valence-corrected chi connectivity index (χ1v) is 8.02. The van der Waals surface area contributed by atoms with E-state index in [0.717, 1.165) is 11.5 Å². The molecule has 1 rings (SSSR count). The molecule has 0 saturated heterocycles. The lowest BCUT2D eigenvalue weighted by molar-refractivity contribution is 0.548. The van der Waals surface area contributed by atoms with Gasteiger partial charge in [-0.25, -0.2) is 18.1 Å². The van der Waals surface area contributed by atoms with E-state index in [0.29, 0.717) is 25.4 Å². The summed E-state index contributed by atoms with van der Waals surface area (Å²) >= 11 is 0. The van der Waals surface area contributed by atoms with Crippen molar-refractivity contribution in [2.75, 3.05) is 12.3 Å². The molecule has 0 atom stereocenters. The molecule has 0 saturated carbocycles. The maximum absolute atomic E-state index is 11.5. The van der Waals surface area contributed by atoms with Gasteiger partial charge in [0.25, 0.3) is 0 Å². The topological polar surface area (TPSA) is 64.0 Å². The second-order valence-electron chi connectivity index (χ2n) is 4.74. The number of aryl methyl sites for hydroxylation is 1. The number of sulfonamides is 1. The molecule has 0 radical (unpaired) electrons. The van der Waals surface area contributed by atoms with Gasteiger partial charge in [-0.2, -0.15) is 0 Å². The number of nitrogens with one attached hydrogen (secondary N) is 1. The number of rotatable bonds is 7. The highest BCUT2D eigenvalue weighted by atomic mass is 32.2. The van der Waals surface area contributed by atoms with Crippen molar-refractivity contribution in [1.82, 2.24) is 14.3 Å². The van der Waals surface area contributed by atoms with E-state index >= 15 is 0 Å². The van der Waals surface area contributed by atoms with E-state index < -0.39 is 10.0 Å². The molecule has 0 amide bonds. The van der Waals surface area contributed by atoms with Crippen molar-refractivity contribution in [2.45, 2.75) is 46.6 Å². The van der Waals surface area contributed by atoms with Gasteiger partial charge >= 0.3 is 0 Å². The first-order chi connectivity index (χ1) is 8.37. The smallest absolute Gasteiger partial charge is 0.211 e. The highest BCUT2D eigenvalue weighted by molar-refractivity contribution is 7.89. The van der Waals surface area contributed by atoms with Crippen LogP contribution in [0, 0.1) is 6.92 Å². The van der Waals surface area contributed by atoms with Crippen molar-refractivity contribution in [1.29, 1.82) is 0 Å². The monoisotopic (exact) mass is 273 g/mol. The maximum Gasteiger partial charge on any atom is 0.211 e. The molecule has 0 aliphatic rings. The zero-order valence-electron chi connectivity index (χ0n) is 11.6. The fourth-order valence-corrected chi connectivity index (χ4v) is 3.14. The van der Waals surface area contributed by atoms with Crippen LogP contribution in [0.25, 0.3) is 0 Å². The molecule has 18 heavy (non-hydrogen) atoms. The van der Waals surface area contributed by atoms with Crippen LogP contribution in [0.2, 0.25) is 0 Å². The Balaban J connectivity index is 2.60. The number of nitrogens with zero attached hydrogens (tertiary/aromatic N) is 2. The van der Waals surface area contributed by atoms with Gasteiger partial charge in [0.1, 0.15) is 5.82 Å². The second kappa shape index (κ2) is 6.33. The van der Waals surface area contributed by atoms with Gasteiger partial charge in [0, 0.05) is 30.9 Å². The van der Waals surface area contributed by atoms with Gasteiger partial charge in [0.2, 0.25) is 10.0 Å². The van der Waals surface area contributed by atoms with Crippen molar-refractivity contribution >= 4 is 10.0 Å². The Morgan fingerprint density at radius 3 is 2.67 bits per heavy atom. The van der Waals surface area contributed by atoms with Crippen LogP contribution in [0.3, 0.4) is 0 Å². The van der Waals surface area contributed by atoms with Crippen molar-refractivity contribution in [3.63, 3.8) is 0 Å². The average Bonchev–Trinajstić information content (AvgIpc) is 2.59. The molecule has 5 nitrogen and oxygen atoms in total. The number of imidazole rings is 1. The lowest BCUT2D eigenvalue weighted by atomic mass is 10.3. The van der Waals surface area contributed by atoms with Crippen LogP contribution in [-0.4, -0.2) is 30.3 Å². The summed E-state index contributed by atoms with van der Waals surface area (Å²) in [7, 11) is -3.12. The summed E-state index contributed by atoms with van der Waals surface area (Å²) in [5.41, 5.74) is 1.11. The van der Waals surface area contributed by atoms with Crippen molar-refractivity contribution in [3.8, 4) is 0 Å². The van der Waals surface area contributed by atoms with Crippen LogP contribution >= 0.6 is 0 Å². The first kappa shape index (κ1) is 15.2. The van der Waals surface area contributed by atoms with Crippen LogP contribution in [0.15, 0.2) is 6.20 Å². The van der Waals surface area contributed by atoms with Gasteiger partial charge in [-0.3, -0.25) is 0 Å². The summed E-state index contributed by atoms with van der Waals surface area (Å²) in [5, 5.41) is 0. The van der Waals surface area contributed by atoms with Gasteiger partial charge in [-0.05, 0) is 27.2 Å².